The van der Waals surface area contributed by atoms with E-state index in [1.807, 2.05) is 24.3 Å². The number of aromatic nitrogens is 2. The molecule has 0 saturated heterocycles. The smallest absolute Gasteiger partial charge is 0.0931 e. The number of halogens is 1. The number of likely N-dealkylation sites (N-methyl/N-ethyl adjacent to an activating group) is 1. The lowest BCUT2D eigenvalue weighted by Crippen LogP contribution is -2.25. The van der Waals surface area contributed by atoms with Gasteiger partial charge in [0.2, 0.25) is 0 Å². The maximum atomic E-state index is 6.01. The van der Waals surface area contributed by atoms with Crippen LogP contribution in [-0.4, -0.2) is 58.2 Å². The molecule has 6 rings (SSSR count). The molecule has 6 nitrogen and oxygen atoms in total. The fourth-order valence-electron chi connectivity index (χ4n) is 7.24. The van der Waals surface area contributed by atoms with Crippen LogP contribution in [0.25, 0.3) is 21.8 Å². The first-order chi connectivity index (χ1) is 26.9. The first kappa shape index (κ1) is 39.6. The molecule has 7 heteroatoms. The minimum Gasteiger partial charge on any atom is -0.374 e. The number of hydrogen-bond donors (Lipinski definition) is 2. The van der Waals surface area contributed by atoms with Gasteiger partial charge in [0.15, 0.2) is 0 Å². The molecule has 0 aliphatic carbocycles. The van der Waals surface area contributed by atoms with Crippen molar-refractivity contribution in [1.29, 1.82) is 0 Å². The van der Waals surface area contributed by atoms with Crippen molar-refractivity contribution in [3.05, 3.63) is 130 Å². The number of aryl methyl sites for hydroxylation is 2. The quantitative estimate of drug-likeness (QED) is 0.0967. The molecular formula is C48H55ClN6. The molecule has 0 fully saturated rings. The fraction of sp³-hybridized carbons (Fsp3) is 0.333. The van der Waals surface area contributed by atoms with Crippen LogP contribution < -0.4 is 10.6 Å². The lowest BCUT2D eigenvalue weighted by molar-refractivity contribution is 0.284. The van der Waals surface area contributed by atoms with E-state index >= 15 is 0 Å². The molecule has 55 heavy (non-hydrogen) atoms. The minimum absolute atomic E-state index is 0.572. The van der Waals surface area contributed by atoms with Gasteiger partial charge in [-0.3, -0.25) is 9.80 Å². The Morgan fingerprint density at radius 1 is 0.545 bits per heavy atom. The first-order valence-electron chi connectivity index (χ1n) is 19.9. The number of fused-ring (bicyclic) bond motifs is 2. The van der Waals surface area contributed by atoms with Crippen LogP contribution in [0.4, 0.5) is 11.4 Å². The Bertz CT molecular complexity index is 2290. The summed E-state index contributed by atoms with van der Waals surface area (Å²) in [6.07, 6.45) is 1.00. The molecule has 0 spiro atoms. The maximum absolute atomic E-state index is 6.01. The summed E-state index contributed by atoms with van der Waals surface area (Å²) in [6, 6.07) is 34.7. The molecule has 0 aliphatic rings. The van der Waals surface area contributed by atoms with Crippen molar-refractivity contribution in [3.8, 4) is 23.7 Å². The number of anilines is 2. The summed E-state index contributed by atoms with van der Waals surface area (Å²) in [5.41, 5.74) is 10.7. The Hall–Kier alpha value is -5.11. The standard InChI is InChI=1S/C48H55ClN6/c1-6-52(7-2)35-38-17-25-47-40(31-38)33-45(54(47)9-4)13-11-28-50-43-21-15-37(16-22-43)27-30-53(8-3)36-39-18-26-48-41(32-39)34-46(55(48)10-5)14-12-29-51-44-23-19-42(49)20-24-44/h15-26,31-34,50-51H,6-10,27-30,35-36H2,1-5H3. The lowest BCUT2D eigenvalue weighted by atomic mass is 10.1. The third kappa shape index (κ3) is 10.4. The minimum atomic E-state index is 0.572. The number of nitrogens with one attached hydrogen (secondary N) is 2. The van der Waals surface area contributed by atoms with Crippen LogP contribution in [-0.2, 0) is 32.6 Å². The van der Waals surface area contributed by atoms with Gasteiger partial charge in [0, 0.05) is 70.9 Å². The Morgan fingerprint density at radius 3 is 1.47 bits per heavy atom. The van der Waals surface area contributed by atoms with Gasteiger partial charge in [-0.25, -0.2) is 0 Å². The van der Waals surface area contributed by atoms with Crippen molar-refractivity contribution in [2.24, 2.45) is 0 Å². The summed E-state index contributed by atoms with van der Waals surface area (Å²) in [7, 11) is 0. The van der Waals surface area contributed by atoms with Gasteiger partial charge >= 0.3 is 0 Å². The van der Waals surface area contributed by atoms with Crippen molar-refractivity contribution in [1.82, 2.24) is 18.9 Å². The normalized spacial score (nSPS) is 11.2. The van der Waals surface area contributed by atoms with Crippen LogP contribution >= 0.6 is 11.6 Å². The van der Waals surface area contributed by atoms with Gasteiger partial charge in [-0.2, -0.15) is 0 Å². The summed E-state index contributed by atoms with van der Waals surface area (Å²) in [4.78, 5) is 4.97. The molecule has 0 bridgehead atoms. The monoisotopic (exact) mass is 750 g/mol. The van der Waals surface area contributed by atoms with Crippen molar-refractivity contribution >= 4 is 44.8 Å². The highest BCUT2D eigenvalue weighted by atomic mass is 35.5. The van der Waals surface area contributed by atoms with Gasteiger partial charge in [-0.05, 0) is 141 Å². The highest BCUT2D eigenvalue weighted by Crippen LogP contribution is 2.24. The largest absolute Gasteiger partial charge is 0.374 e. The van der Waals surface area contributed by atoms with Gasteiger partial charge in [-0.15, -0.1) is 0 Å². The van der Waals surface area contributed by atoms with E-state index in [9.17, 15) is 0 Å². The predicted molar refractivity (Wildman–Crippen MR) is 235 cm³/mol. The molecule has 0 amide bonds. The van der Waals surface area contributed by atoms with Gasteiger partial charge in [0.05, 0.1) is 24.5 Å². The maximum Gasteiger partial charge on any atom is 0.0931 e. The van der Waals surface area contributed by atoms with E-state index in [1.165, 1.54) is 38.5 Å². The molecular weight excluding hydrogens is 696 g/mol. The van der Waals surface area contributed by atoms with Gasteiger partial charge in [0.1, 0.15) is 0 Å². The van der Waals surface area contributed by atoms with E-state index in [4.69, 9.17) is 11.6 Å². The summed E-state index contributed by atoms with van der Waals surface area (Å²) in [5.74, 6) is 13.5. The van der Waals surface area contributed by atoms with Gasteiger partial charge in [-0.1, -0.05) is 68.5 Å². The topological polar surface area (TPSA) is 40.4 Å². The van der Waals surface area contributed by atoms with Gasteiger partial charge < -0.3 is 19.8 Å². The molecule has 6 aromatic rings. The Morgan fingerprint density at radius 2 is 1.00 bits per heavy atom. The average Bonchev–Trinajstić information content (AvgIpc) is 3.75. The van der Waals surface area contributed by atoms with Crippen molar-refractivity contribution in [2.45, 2.75) is 67.2 Å². The summed E-state index contributed by atoms with van der Waals surface area (Å²) >= 11 is 6.01. The second-order valence-corrected chi connectivity index (χ2v) is 14.4. The van der Waals surface area contributed by atoms with Crippen LogP contribution in [0.1, 0.15) is 62.7 Å². The molecule has 2 heterocycles. The van der Waals surface area contributed by atoms with E-state index in [0.29, 0.717) is 13.1 Å². The Labute approximate surface area is 333 Å². The van der Waals surface area contributed by atoms with E-state index in [-0.39, 0.29) is 0 Å². The summed E-state index contributed by atoms with van der Waals surface area (Å²) in [6.45, 7) is 20.0. The predicted octanol–water partition coefficient (Wildman–Crippen LogP) is 10.1. The molecule has 2 N–H and O–H groups in total. The van der Waals surface area contributed by atoms with Crippen LogP contribution in [0.2, 0.25) is 5.02 Å². The molecule has 4 aromatic carbocycles. The molecule has 0 aliphatic heterocycles. The molecule has 0 unspecified atom stereocenters. The zero-order valence-electron chi connectivity index (χ0n) is 33.2. The van der Waals surface area contributed by atoms with Crippen LogP contribution in [0.15, 0.2) is 97.1 Å². The molecule has 0 atom stereocenters. The van der Waals surface area contributed by atoms with Crippen LogP contribution in [0, 0.1) is 23.7 Å². The SMILES string of the molecule is CCN(CC)Cc1ccc2c(c1)cc(C#CCNc1ccc(CCN(CC)Cc3ccc4c(c3)cc(C#CCNc3ccc(Cl)cc3)n4CC)cc1)n2CC. The lowest BCUT2D eigenvalue weighted by Gasteiger charge is -2.21. The van der Waals surface area contributed by atoms with Crippen molar-refractivity contribution < 1.29 is 0 Å². The molecule has 2 aromatic heterocycles. The Kier molecular flexibility index (Phi) is 14.0. The van der Waals surface area contributed by atoms with Crippen LogP contribution in [0.5, 0.6) is 0 Å². The Balaban J connectivity index is 1.00. The third-order valence-corrected chi connectivity index (χ3v) is 10.7. The van der Waals surface area contributed by atoms with Crippen LogP contribution in [0.3, 0.4) is 0 Å². The molecule has 284 valence electrons. The average molecular weight is 751 g/mol. The van der Waals surface area contributed by atoms with E-state index < -0.39 is 0 Å². The zero-order valence-corrected chi connectivity index (χ0v) is 33.9. The van der Waals surface area contributed by atoms with Crippen molar-refractivity contribution in [2.75, 3.05) is 49.9 Å². The number of benzene rings is 4. The number of nitrogens with zero attached hydrogens (tertiary/aromatic N) is 4. The second kappa shape index (κ2) is 19.5. The van der Waals surface area contributed by atoms with E-state index in [1.54, 1.807) is 0 Å². The summed E-state index contributed by atoms with van der Waals surface area (Å²) < 4.78 is 4.61. The second-order valence-electron chi connectivity index (χ2n) is 13.9. The van der Waals surface area contributed by atoms with E-state index in [2.05, 4.69) is 161 Å². The highest BCUT2D eigenvalue weighted by Gasteiger charge is 2.11. The zero-order chi connectivity index (χ0) is 38.6. The van der Waals surface area contributed by atoms with Crippen molar-refractivity contribution in [3.63, 3.8) is 0 Å². The van der Waals surface area contributed by atoms with E-state index in [0.717, 1.165) is 86.6 Å². The number of hydrogen-bond acceptors (Lipinski definition) is 4. The molecule has 0 radical (unpaired) electrons. The number of rotatable bonds is 16. The fourth-order valence-corrected chi connectivity index (χ4v) is 7.37. The van der Waals surface area contributed by atoms with Gasteiger partial charge in [0.25, 0.3) is 0 Å². The molecule has 0 saturated carbocycles. The highest BCUT2D eigenvalue weighted by molar-refractivity contribution is 6.30. The third-order valence-electron chi connectivity index (χ3n) is 10.4. The summed E-state index contributed by atoms with van der Waals surface area (Å²) in [5, 5.41) is 10.1. The first-order valence-corrected chi connectivity index (χ1v) is 20.3.